The Bertz CT molecular complexity index is 1590. The second kappa shape index (κ2) is 10.9. The number of hydrogen-bond donors (Lipinski definition) is 2. The first-order chi connectivity index (χ1) is 18.9. The zero-order chi connectivity index (χ0) is 27.7. The highest BCUT2D eigenvalue weighted by atomic mass is 79.9. The molecular weight excluding hydrogens is 564 g/mol. The van der Waals surface area contributed by atoms with Gasteiger partial charge in [-0.25, -0.2) is 0 Å². The van der Waals surface area contributed by atoms with Gasteiger partial charge in [-0.1, -0.05) is 28.1 Å². The van der Waals surface area contributed by atoms with Gasteiger partial charge in [-0.2, -0.15) is 0 Å². The molecule has 2 heterocycles. The predicted molar refractivity (Wildman–Crippen MR) is 151 cm³/mol. The number of rotatable bonds is 8. The number of carbonyl (C=O) groups excluding carboxylic acids is 2. The Hall–Kier alpha value is -4.24. The first-order valence-electron chi connectivity index (χ1n) is 12.3. The second-order valence-electron chi connectivity index (χ2n) is 9.08. The van der Waals surface area contributed by atoms with Gasteiger partial charge in [0.05, 0.1) is 32.9 Å². The average Bonchev–Trinajstić information content (AvgIpc) is 3.48. The number of nitrogens with zero attached hydrogens (tertiary/aromatic N) is 1. The number of ketones is 1. The minimum absolute atomic E-state index is 0.00591. The van der Waals surface area contributed by atoms with Crippen LogP contribution >= 0.6 is 15.9 Å². The maximum atomic E-state index is 13.5. The van der Waals surface area contributed by atoms with Crippen LogP contribution in [0, 0.1) is 0 Å². The van der Waals surface area contributed by atoms with Crippen molar-refractivity contribution in [3.63, 3.8) is 0 Å². The molecule has 9 heteroatoms. The van der Waals surface area contributed by atoms with E-state index in [0.29, 0.717) is 29.0 Å². The van der Waals surface area contributed by atoms with Gasteiger partial charge in [0.1, 0.15) is 23.0 Å². The van der Waals surface area contributed by atoms with Crippen LogP contribution < -0.4 is 14.2 Å². The third kappa shape index (κ3) is 4.85. The summed E-state index contributed by atoms with van der Waals surface area (Å²) in [6.07, 6.45) is 2.36. The Morgan fingerprint density at radius 2 is 1.64 bits per heavy atom. The van der Waals surface area contributed by atoms with Crippen LogP contribution in [0.4, 0.5) is 0 Å². The van der Waals surface area contributed by atoms with Crippen molar-refractivity contribution in [2.24, 2.45) is 0 Å². The lowest BCUT2D eigenvalue weighted by atomic mass is 9.94. The third-order valence-corrected chi connectivity index (χ3v) is 7.52. The SMILES string of the molecule is COc1ccc(C2/C(=C(/O)c3ccc(Br)cc3)C(=O)C(=O)N2CCc2c[nH]c3ccc(OC)cc23)c(OC)c1. The summed E-state index contributed by atoms with van der Waals surface area (Å²) < 4.78 is 17.2. The lowest BCUT2D eigenvalue weighted by molar-refractivity contribution is -0.139. The zero-order valence-electron chi connectivity index (χ0n) is 21.7. The van der Waals surface area contributed by atoms with Gasteiger partial charge < -0.3 is 29.2 Å². The Morgan fingerprint density at radius 3 is 2.33 bits per heavy atom. The molecule has 1 amide bonds. The number of halogens is 1. The standard InChI is InChI=1S/C30H27BrN2O6/c1-37-20-9-11-24-23(14-20)18(16-32-24)12-13-33-27(22-10-8-21(38-2)15-25(22)39-3)26(29(35)30(33)36)28(34)17-4-6-19(31)7-5-17/h4-11,14-16,27,32,34H,12-13H2,1-3H3/b28-26-. The van der Waals surface area contributed by atoms with Crippen molar-refractivity contribution in [1.82, 2.24) is 9.88 Å². The van der Waals surface area contributed by atoms with Crippen LogP contribution in [0.2, 0.25) is 0 Å². The van der Waals surface area contributed by atoms with Gasteiger partial charge in [0, 0.05) is 45.3 Å². The Balaban J connectivity index is 1.60. The maximum absolute atomic E-state index is 13.5. The van der Waals surface area contributed by atoms with Crippen LogP contribution in [0.3, 0.4) is 0 Å². The number of aromatic amines is 1. The number of carbonyl (C=O) groups is 2. The van der Waals surface area contributed by atoms with Crippen LogP contribution in [-0.2, 0) is 16.0 Å². The van der Waals surface area contributed by atoms with Crippen molar-refractivity contribution < 1.29 is 28.9 Å². The van der Waals surface area contributed by atoms with Gasteiger partial charge in [0.25, 0.3) is 11.7 Å². The molecule has 1 aliphatic rings. The number of H-pyrrole nitrogens is 1. The van der Waals surface area contributed by atoms with Crippen LogP contribution in [0.15, 0.2) is 76.9 Å². The fourth-order valence-electron chi connectivity index (χ4n) is 4.97. The number of hydrogen-bond acceptors (Lipinski definition) is 6. The molecule has 1 aliphatic heterocycles. The van der Waals surface area contributed by atoms with E-state index in [1.807, 2.05) is 24.4 Å². The van der Waals surface area contributed by atoms with Crippen LogP contribution in [-0.4, -0.2) is 54.6 Å². The molecule has 0 spiro atoms. The Labute approximate surface area is 233 Å². The van der Waals surface area contributed by atoms with Gasteiger partial charge in [-0.05, 0) is 54.4 Å². The topological polar surface area (TPSA) is 101 Å². The fraction of sp³-hybridized carbons (Fsp3) is 0.200. The molecule has 200 valence electrons. The molecule has 1 saturated heterocycles. The van der Waals surface area contributed by atoms with E-state index in [4.69, 9.17) is 14.2 Å². The van der Waals surface area contributed by atoms with Crippen molar-refractivity contribution in [2.45, 2.75) is 12.5 Å². The summed E-state index contributed by atoms with van der Waals surface area (Å²) in [7, 11) is 4.67. The summed E-state index contributed by atoms with van der Waals surface area (Å²) in [6, 6.07) is 17.0. The van der Waals surface area contributed by atoms with Crippen molar-refractivity contribution in [2.75, 3.05) is 27.9 Å². The monoisotopic (exact) mass is 590 g/mol. The van der Waals surface area contributed by atoms with E-state index < -0.39 is 17.7 Å². The molecule has 1 atom stereocenters. The number of aromatic nitrogens is 1. The van der Waals surface area contributed by atoms with E-state index in [2.05, 4.69) is 20.9 Å². The van der Waals surface area contributed by atoms with Crippen molar-refractivity contribution in [3.05, 3.63) is 93.6 Å². The first-order valence-corrected chi connectivity index (χ1v) is 13.1. The van der Waals surface area contributed by atoms with E-state index in [1.165, 1.54) is 12.0 Å². The summed E-state index contributed by atoms with van der Waals surface area (Å²) in [5, 5.41) is 12.3. The number of methoxy groups -OCH3 is 3. The number of nitrogens with one attached hydrogen (secondary N) is 1. The number of fused-ring (bicyclic) bond motifs is 1. The predicted octanol–water partition coefficient (Wildman–Crippen LogP) is 5.62. The maximum Gasteiger partial charge on any atom is 0.295 e. The van der Waals surface area contributed by atoms with E-state index >= 15 is 0 Å². The highest BCUT2D eigenvalue weighted by molar-refractivity contribution is 9.10. The number of amides is 1. The molecule has 39 heavy (non-hydrogen) atoms. The van der Waals surface area contributed by atoms with Crippen molar-refractivity contribution >= 4 is 44.3 Å². The van der Waals surface area contributed by atoms with Crippen molar-refractivity contribution in [1.29, 1.82) is 0 Å². The number of Topliss-reactive ketones (excluding diaryl/α,β-unsaturated/α-hetero) is 1. The van der Waals surface area contributed by atoms with Gasteiger partial charge in [0.2, 0.25) is 0 Å². The minimum Gasteiger partial charge on any atom is -0.507 e. The zero-order valence-corrected chi connectivity index (χ0v) is 23.2. The molecule has 0 bridgehead atoms. The molecule has 3 aromatic carbocycles. The van der Waals surface area contributed by atoms with Crippen LogP contribution in [0.25, 0.3) is 16.7 Å². The summed E-state index contributed by atoms with van der Waals surface area (Å²) in [5.41, 5.74) is 2.91. The van der Waals surface area contributed by atoms with Gasteiger partial charge >= 0.3 is 0 Å². The number of aliphatic hydroxyl groups is 1. The highest BCUT2D eigenvalue weighted by Crippen LogP contribution is 2.44. The number of likely N-dealkylation sites (tertiary alicyclic amines) is 1. The molecule has 4 aromatic rings. The summed E-state index contributed by atoms with van der Waals surface area (Å²) in [4.78, 5) is 31.7. The molecule has 0 radical (unpaired) electrons. The Kier molecular flexibility index (Phi) is 7.34. The van der Waals surface area contributed by atoms with Crippen molar-refractivity contribution in [3.8, 4) is 17.2 Å². The number of benzene rings is 3. The summed E-state index contributed by atoms with van der Waals surface area (Å²) >= 11 is 3.39. The molecule has 1 aromatic heterocycles. The average molecular weight is 591 g/mol. The van der Waals surface area contributed by atoms with E-state index in [0.717, 1.165) is 26.7 Å². The fourth-order valence-corrected chi connectivity index (χ4v) is 5.24. The molecule has 0 saturated carbocycles. The minimum atomic E-state index is -0.866. The van der Waals surface area contributed by atoms with Gasteiger partial charge in [-0.15, -0.1) is 0 Å². The quantitative estimate of drug-likeness (QED) is 0.157. The largest absolute Gasteiger partial charge is 0.507 e. The van der Waals surface area contributed by atoms with E-state index in [-0.39, 0.29) is 17.9 Å². The summed E-state index contributed by atoms with van der Waals surface area (Å²) in [5.74, 6) is 0.0372. The molecule has 1 fully saturated rings. The third-order valence-electron chi connectivity index (χ3n) is 6.99. The lowest BCUT2D eigenvalue weighted by Gasteiger charge is -2.27. The molecule has 0 aliphatic carbocycles. The molecular formula is C30H27BrN2O6. The lowest BCUT2D eigenvalue weighted by Crippen LogP contribution is -2.31. The highest BCUT2D eigenvalue weighted by Gasteiger charge is 2.47. The molecule has 1 unspecified atom stereocenters. The van der Waals surface area contributed by atoms with E-state index in [1.54, 1.807) is 56.7 Å². The van der Waals surface area contributed by atoms with E-state index in [9.17, 15) is 14.7 Å². The number of aliphatic hydroxyl groups excluding tert-OH is 1. The van der Waals surface area contributed by atoms with Crippen LogP contribution in [0.5, 0.6) is 17.2 Å². The summed E-state index contributed by atoms with van der Waals surface area (Å²) in [6.45, 7) is 0.228. The Morgan fingerprint density at radius 1 is 0.949 bits per heavy atom. The van der Waals surface area contributed by atoms with Crippen LogP contribution in [0.1, 0.15) is 22.7 Å². The normalized spacial score (nSPS) is 16.6. The molecule has 2 N–H and O–H groups in total. The molecule has 8 nitrogen and oxygen atoms in total. The molecule has 5 rings (SSSR count). The number of ether oxygens (including phenoxy) is 3. The van der Waals surface area contributed by atoms with Gasteiger partial charge in [-0.3, -0.25) is 9.59 Å². The first kappa shape index (κ1) is 26.4. The second-order valence-corrected chi connectivity index (χ2v) is 10.00. The van der Waals surface area contributed by atoms with Gasteiger partial charge in [0.15, 0.2) is 0 Å². The smallest absolute Gasteiger partial charge is 0.295 e.